The van der Waals surface area contributed by atoms with Crippen LogP contribution in [0.5, 0.6) is 0 Å². The lowest BCUT2D eigenvalue weighted by atomic mass is 10.2. The van der Waals surface area contributed by atoms with E-state index in [-0.39, 0.29) is 13.2 Å². The Balaban J connectivity index is 2.03. The van der Waals surface area contributed by atoms with E-state index in [0.29, 0.717) is 10.6 Å². The minimum absolute atomic E-state index is 0.0690. The molecule has 1 amide bonds. The van der Waals surface area contributed by atoms with Gasteiger partial charge in [0.25, 0.3) is 0 Å². The lowest BCUT2D eigenvalue weighted by Gasteiger charge is -2.21. The van der Waals surface area contributed by atoms with E-state index in [2.05, 4.69) is 0 Å². The summed E-state index contributed by atoms with van der Waals surface area (Å²) in [6.45, 7) is -0.309. The summed E-state index contributed by atoms with van der Waals surface area (Å²) in [7, 11) is 0. The molecule has 0 aromatic heterocycles. The second kappa shape index (κ2) is 8.19. The smallest absolute Gasteiger partial charge is 0.410 e. The normalized spacial score (nSPS) is 10.1. The first-order valence-electron chi connectivity index (χ1n) is 6.97. The summed E-state index contributed by atoms with van der Waals surface area (Å²) in [5.41, 5.74) is 1.49. The minimum Gasteiger partial charge on any atom is -0.480 e. The maximum absolute atomic E-state index is 12.2. The number of rotatable bonds is 6. The Morgan fingerprint density at radius 3 is 2.35 bits per heavy atom. The van der Waals surface area contributed by atoms with E-state index in [1.54, 1.807) is 24.3 Å². The van der Waals surface area contributed by atoms with Gasteiger partial charge in [0, 0.05) is 5.02 Å². The Labute approximate surface area is 139 Å². The first-order valence-corrected chi connectivity index (χ1v) is 7.35. The molecule has 1 N–H and O–H groups in total. The maximum atomic E-state index is 12.2. The standard InChI is InChI=1S/C17H16ClNO4/c18-15-9-5-4-8-14(15)10-19(11-16(20)21)17(22)23-12-13-6-2-1-3-7-13/h1-9H,10-12H2,(H,20,21). The van der Waals surface area contributed by atoms with E-state index < -0.39 is 18.6 Å². The van der Waals surface area contributed by atoms with Gasteiger partial charge in [-0.15, -0.1) is 0 Å². The number of hydrogen-bond acceptors (Lipinski definition) is 3. The Morgan fingerprint density at radius 1 is 1.04 bits per heavy atom. The van der Waals surface area contributed by atoms with Gasteiger partial charge in [0.05, 0.1) is 6.54 Å². The molecule has 5 nitrogen and oxygen atoms in total. The van der Waals surface area contributed by atoms with Crippen LogP contribution in [-0.2, 0) is 22.7 Å². The van der Waals surface area contributed by atoms with Crippen LogP contribution >= 0.6 is 11.6 Å². The Bertz CT molecular complexity index is 675. The zero-order valence-electron chi connectivity index (χ0n) is 12.3. The summed E-state index contributed by atoms with van der Waals surface area (Å²) in [5, 5.41) is 9.45. The van der Waals surface area contributed by atoms with Gasteiger partial charge in [0.15, 0.2) is 0 Å². The van der Waals surface area contributed by atoms with Gasteiger partial charge in [-0.2, -0.15) is 0 Å². The van der Waals surface area contributed by atoms with Crippen LogP contribution in [0.1, 0.15) is 11.1 Å². The molecule has 0 bridgehead atoms. The van der Waals surface area contributed by atoms with Crippen LogP contribution in [-0.4, -0.2) is 28.6 Å². The number of carboxylic acids is 1. The summed E-state index contributed by atoms with van der Waals surface area (Å²) in [6, 6.07) is 16.1. The zero-order chi connectivity index (χ0) is 16.7. The van der Waals surface area contributed by atoms with Crippen LogP contribution in [0, 0.1) is 0 Å². The molecule has 2 rings (SSSR count). The van der Waals surface area contributed by atoms with Gasteiger partial charge < -0.3 is 9.84 Å². The van der Waals surface area contributed by atoms with Gasteiger partial charge >= 0.3 is 12.1 Å². The fourth-order valence-electron chi connectivity index (χ4n) is 1.99. The van der Waals surface area contributed by atoms with Crippen LogP contribution in [0.25, 0.3) is 0 Å². The third kappa shape index (κ3) is 5.30. The average molecular weight is 334 g/mol. The van der Waals surface area contributed by atoms with Gasteiger partial charge in [0.1, 0.15) is 13.2 Å². The number of hydrogen-bond donors (Lipinski definition) is 1. The SMILES string of the molecule is O=C(O)CN(Cc1ccccc1Cl)C(=O)OCc1ccccc1. The number of halogens is 1. The third-order valence-corrected chi connectivity index (χ3v) is 3.48. The van der Waals surface area contributed by atoms with Crippen LogP contribution in [0.15, 0.2) is 54.6 Å². The summed E-state index contributed by atoms with van der Waals surface area (Å²) >= 11 is 6.06. The second-order valence-electron chi connectivity index (χ2n) is 4.88. The lowest BCUT2D eigenvalue weighted by Crippen LogP contribution is -2.35. The van der Waals surface area contributed by atoms with Crippen molar-refractivity contribution in [1.82, 2.24) is 4.90 Å². The number of carboxylic acid groups (broad SMARTS) is 1. The van der Waals surface area contributed by atoms with Crippen molar-refractivity contribution >= 4 is 23.7 Å². The molecule has 0 unspecified atom stereocenters. The molecule has 2 aromatic carbocycles. The monoisotopic (exact) mass is 333 g/mol. The Kier molecular flexibility index (Phi) is 6.00. The highest BCUT2D eigenvalue weighted by molar-refractivity contribution is 6.31. The molecular formula is C17H16ClNO4. The van der Waals surface area contributed by atoms with Crippen LogP contribution in [0.4, 0.5) is 4.79 Å². The first-order chi connectivity index (χ1) is 11.1. The van der Waals surface area contributed by atoms with E-state index in [1.165, 1.54) is 0 Å². The molecule has 0 spiro atoms. The van der Waals surface area contributed by atoms with Crippen molar-refractivity contribution in [2.45, 2.75) is 13.2 Å². The van der Waals surface area contributed by atoms with Gasteiger partial charge in [-0.1, -0.05) is 60.1 Å². The maximum Gasteiger partial charge on any atom is 0.410 e. The quantitative estimate of drug-likeness (QED) is 0.877. The third-order valence-electron chi connectivity index (χ3n) is 3.11. The number of benzene rings is 2. The molecule has 6 heteroatoms. The number of nitrogens with zero attached hydrogens (tertiary/aromatic N) is 1. The van der Waals surface area contributed by atoms with Gasteiger partial charge in [-0.25, -0.2) is 4.79 Å². The van der Waals surface area contributed by atoms with Crippen molar-refractivity contribution < 1.29 is 19.4 Å². The van der Waals surface area contributed by atoms with Gasteiger partial charge in [-0.05, 0) is 17.2 Å². The van der Waals surface area contributed by atoms with Crippen LogP contribution in [0.3, 0.4) is 0 Å². The molecule has 120 valence electrons. The van der Waals surface area contributed by atoms with Gasteiger partial charge in [0.2, 0.25) is 0 Å². The summed E-state index contributed by atoms with van der Waals surface area (Å²) < 4.78 is 5.18. The topological polar surface area (TPSA) is 66.8 Å². The summed E-state index contributed by atoms with van der Waals surface area (Å²) in [6.07, 6.45) is -0.698. The molecule has 0 radical (unpaired) electrons. The van der Waals surface area contributed by atoms with Crippen molar-refractivity contribution in [3.8, 4) is 0 Å². The van der Waals surface area contributed by atoms with Crippen LogP contribution in [0.2, 0.25) is 5.02 Å². The van der Waals surface area contributed by atoms with Gasteiger partial charge in [-0.3, -0.25) is 9.69 Å². The number of carbonyl (C=O) groups excluding carboxylic acids is 1. The Hall–Kier alpha value is -2.53. The number of amides is 1. The average Bonchev–Trinajstić information content (AvgIpc) is 2.54. The Morgan fingerprint density at radius 2 is 1.70 bits per heavy atom. The second-order valence-corrected chi connectivity index (χ2v) is 5.29. The van der Waals surface area contributed by atoms with Crippen molar-refractivity contribution in [1.29, 1.82) is 0 Å². The highest BCUT2D eigenvalue weighted by Gasteiger charge is 2.19. The first kappa shape index (κ1) is 16.8. The molecule has 2 aromatic rings. The fourth-order valence-corrected chi connectivity index (χ4v) is 2.19. The van der Waals surface area contributed by atoms with E-state index in [1.807, 2.05) is 30.3 Å². The van der Waals surface area contributed by atoms with Crippen molar-refractivity contribution in [2.75, 3.05) is 6.54 Å². The predicted molar refractivity (Wildman–Crippen MR) is 86.1 cm³/mol. The van der Waals surface area contributed by atoms with Crippen molar-refractivity contribution in [3.05, 3.63) is 70.7 Å². The minimum atomic E-state index is -1.12. The molecule has 0 aliphatic rings. The number of aliphatic carboxylic acids is 1. The lowest BCUT2D eigenvalue weighted by molar-refractivity contribution is -0.138. The summed E-state index contributed by atoms with van der Waals surface area (Å²) in [4.78, 5) is 24.2. The molecule has 0 aliphatic carbocycles. The van der Waals surface area contributed by atoms with E-state index >= 15 is 0 Å². The van der Waals surface area contributed by atoms with Crippen LogP contribution < -0.4 is 0 Å². The largest absolute Gasteiger partial charge is 0.480 e. The predicted octanol–water partition coefficient (Wildman–Crippen LogP) is 3.56. The molecule has 23 heavy (non-hydrogen) atoms. The van der Waals surface area contributed by atoms with E-state index in [9.17, 15) is 9.59 Å². The highest BCUT2D eigenvalue weighted by Crippen LogP contribution is 2.17. The molecule has 0 atom stereocenters. The van der Waals surface area contributed by atoms with E-state index in [4.69, 9.17) is 21.4 Å². The number of carbonyl (C=O) groups is 2. The van der Waals surface area contributed by atoms with Crippen molar-refractivity contribution in [2.24, 2.45) is 0 Å². The molecular weight excluding hydrogens is 318 g/mol. The number of ether oxygens (including phenoxy) is 1. The molecule has 0 aliphatic heterocycles. The van der Waals surface area contributed by atoms with E-state index in [0.717, 1.165) is 10.5 Å². The molecule has 0 saturated carbocycles. The fraction of sp³-hybridized carbons (Fsp3) is 0.176. The zero-order valence-corrected chi connectivity index (χ0v) is 13.1. The van der Waals surface area contributed by atoms with Crippen molar-refractivity contribution in [3.63, 3.8) is 0 Å². The summed E-state index contributed by atoms with van der Waals surface area (Å²) in [5.74, 6) is -1.12. The molecule has 0 saturated heterocycles. The molecule has 0 fully saturated rings. The molecule has 0 heterocycles. The highest BCUT2D eigenvalue weighted by atomic mass is 35.5.